The van der Waals surface area contributed by atoms with E-state index in [0.29, 0.717) is 0 Å². The zero-order chi connectivity index (χ0) is 13.7. The second-order valence-corrected chi connectivity index (χ2v) is 5.87. The number of ether oxygens (including phenoxy) is 1. The van der Waals surface area contributed by atoms with Gasteiger partial charge >= 0.3 is 0 Å². The summed E-state index contributed by atoms with van der Waals surface area (Å²) >= 11 is 0. The number of hydrogen-bond donors (Lipinski definition) is 1. The Bertz CT molecular complexity index is 399. The van der Waals surface area contributed by atoms with Gasteiger partial charge in [0, 0.05) is 17.6 Å². The van der Waals surface area contributed by atoms with E-state index in [1.807, 2.05) is 12.1 Å². The Balaban J connectivity index is 1.85. The van der Waals surface area contributed by atoms with Gasteiger partial charge < -0.3 is 15.4 Å². The van der Waals surface area contributed by atoms with Crippen molar-refractivity contribution in [2.24, 2.45) is 5.73 Å². The van der Waals surface area contributed by atoms with Crippen LogP contribution in [0.1, 0.15) is 37.7 Å². The Hall–Kier alpha value is -1.06. The van der Waals surface area contributed by atoms with E-state index in [1.54, 1.807) is 7.11 Å². The molecule has 0 spiro atoms. The lowest BCUT2D eigenvalue weighted by Crippen LogP contribution is -2.39. The lowest BCUT2D eigenvalue weighted by molar-refractivity contribution is 0.270. The first-order chi connectivity index (χ1) is 9.13. The molecule has 0 saturated heterocycles. The van der Waals surface area contributed by atoms with E-state index in [0.717, 1.165) is 25.3 Å². The monoisotopic (exact) mass is 262 g/mol. The minimum Gasteiger partial charge on any atom is -0.496 e. The number of nitrogens with zero attached hydrogens (tertiary/aromatic N) is 1. The van der Waals surface area contributed by atoms with Gasteiger partial charge in [0.1, 0.15) is 5.75 Å². The lowest BCUT2D eigenvalue weighted by atomic mass is 9.94. The van der Waals surface area contributed by atoms with Crippen LogP contribution in [0.2, 0.25) is 0 Å². The molecular weight excluding hydrogens is 236 g/mol. The summed E-state index contributed by atoms with van der Waals surface area (Å²) in [6.45, 7) is 1.97. The van der Waals surface area contributed by atoms with Gasteiger partial charge in [0.05, 0.1) is 7.11 Å². The molecule has 0 aliphatic heterocycles. The zero-order valence-corrected chi connectivity index (χ0v) is 12.2. The van der Waals surface area contributed by atoms with E-state index >= 15 is 0 Å². The second-order valence-electron chi connectivity index (χ2n) is 5.87. The van der Waals surface area contributed by atoms with E-state index in [9.17, 15) is 0 Å². The molecule has 0 amide bonds. The molecule has 1 aliphatic carbocycles. The van der Waals surface area contributed by atoms with Crippen LogP contribution in [0.25, 0.3) is 0 Å². The highest BCUT2D eigenvalue weighted by atomic mass is 16.5. The summed E-state index contributed by atoms with van der Waals surface area (Å²) in [5.41, 5.74) is 7.74. The van der Waals surface area contributed by atoms with E-state index in [1.165, 1.54) is 31.2 Å². The summed E-state index contributed by atoms with van der Waals surface area (Å²) in [5.74, 6) is 0.970. The molecule has 3 heteroatoms. The van der Waals surface area contributed by atoms with Crippen LogP contribution in [0.3, 0.4) is 0 Å². The summed E-state index contributed by atoms with van der Waals surface area (Å²) in [5, 5.41) is 0. The van der Waals surface area contributed by atoms with Gasteiger partial charge in [-0.05, 0) is 38.9 Å². The molecule has 2 rings (SSSR count). The molecule has 1 fully saturated rings. The normalized spacial score (nSPS) is 17.9. The molecule has 0 radical (unpaired) electrons. The number of rotatable bonds is 6. The summed E-state index contributed by atoms with van der Waals surface area (Å²) < 4.78 is 5.39. The molecule has 0 bridgehead atoms. The highest BCUT2D eigenvalue weighted by molar-refractivity contribution is 5.32. The molecule has 3 nitrogen and oxygen atoms in total. The van der Waals surface area contributed by atoms with Crippen molar-refractivity contribution in [3.8, 4) is 5.75 Å². The molecule has 0 unspecified atom stereocenters. The van der Waals surface area contributed by atoms with Gasteiger partial charge in [-0.25, -0.2) is 0 Å². The number of methoxy groups -OCH3 is 1. The third-order valence-corrected chi connectivity index (χ3v) is 4.22. The van der Waals surface area contributed by atoms with Gasteiger partial charge in [0.15, 0.2) is 0 Å². The fraction of sp³-hybridized carbons (Fsp3) is 0.625. The molecule has 106 valence electrons. The van der Waals surface area contributed by atoms with Crippen molar-refractivity contribution in [3.63, 3.8) is 0 Å². The predicted molar refractivity (Wildman–Crippen MR) is 79.3 cm³/mol. The van der Waals surface area contributed by atoms with Crippen molar-refractivity contribution >= 4 is 0 Å². The average molecular weight is 262 g/mol. The van der Waals surface area contributed by atoms with Gasteiger partial charge in [0.25, 0.3) is 0 Å². The van der Waals surface area contributed by atoms with Crippen LogP contribution in [-0.4, -0.2) is 31.1 Å². The summed E-state index contributed by atoms with van der Waals surface area (Å²) in [6, 6.07) is 8.22. The highest BCUT2D eigenvalue weighted by Gasteiger charge is 2.28. The molecule has 0 aromatic heterocycles. The van der Waals surface area contributed by atoms with Crippen LogP contribution in [0.5, 0.6) is 5.75 Å². The summed E-state index contributed by atoms with van der Waals surface area (Å²) in [6.07, 6.45) is 6.07. The fourth-order valence-electron chi connectivity index (χ4n) is 2.95. The Labute approximate surface area is 116 Å². The minimum atomic E-state index is 0.0923. The van der Waals surface area contributed by atoms with Crippen LogP contribution in [0, 0.1) is 0 Å². The van der Waals surface area contributed by atoms with E-state index in [-0.39, 0.29) is 5.54 Å². The molecule has 0 atom stereocenters. The molecule has 2 N–H and O–H groups in total. The van der Waals surface area contributed by atoms with Crippen LogP contribution < -0.4 is 10.5 Å². The quantitative estimate of drug-likeness (QED) is 0.856. The first-order valence-corrected chi connectivity index (χ1v) is 7.22. The van der Waals surface area contributed by atoms with Gasteiger partial charge in [-0.2, -0.15) is 0 Å². The van der Waals surface area contributed by atoms with Crippen LogP contribution in [0.4, 0.5) is 0 Å². The lowest BCUT2D eigenvalue weighted by Gasteiger charge is -2.27. The molecule has 0 heterocycles. The molecular formula is C16H26N2O. The van der Waals surface area contributed by atoms with Gasteiger partial charge in [-0.3, -0.25) is 0 Å². The fourth-order valence-corrected chi connectivity index (χ4v) is 2.95. The third kappa shape index (κ3) is 3.95. The number of nitrogens with two attached hydrogens (primary N) is 1. The molecule has 1 aromatic carbocycles. The van der Waals surface area contributed by atoms with Gasteiger partial charge in [-0.15, -0.1) is 0 Å². The maximum Gasteiger partial charge on any atom is 0.123 e. The Morgan fingerprint density at radius 2 is 1.95 bits per heavy atom. The third-order valence-electron chi connectivity index (χ3n) is 4.22. The molecule has 1 aliphatic rings. The largest absolute Gasteiger partial charge is 0.496 e. The smallest absolute Gasteiger partial charge is 0.123 e. The standard InChI is InChI=1S/C16H26N2O/c1-18(12-11-16(17)9-5-6-10-16)13-14-7-3-4-8-15(14)19-2/h3-4,7-8H,5-6,9-13,17H2,1-2H3. The van der Waals surface area contributed by atoms with Crippen molar-refractivity contribution in [1.82, 2.24) is 4.90 Å². The van der Waals surface area contributed by atoms with E-state index in [2.05, 4.69) is 24.1 Å². The van der Waals surface area contributed by atoms with Crippen molar-refractivity contribution in [2.45, 2.75) is 44.2 Å². The minimum absolute atomic E-state index is 0.0923. The Kier molecular flexibility index (Phi) is 4.83. The van der Waals surface area contributed by atoms with Crippen molar-refractivity contribution in [2.75, 3.05) is 20.7 Å². The first kappa shape index (κ1) is 14.4. The molecule has 1 saturated carbocycles. The predicted octanol–water partition coefficient (Wildman–Crippen LogP) is 2.79. The molecule has 19 heavy (non-hydrogen) atoms. The SMILES string of the molecule is COc1ccccc1CN(C)CCC1(N)CCCC1. The topological polar surface area (TPSA) is 38.5 Å². The van der Waals surface area contributed by atoms with Crippen molar-refractivity contribution in [1.29, 1.82) is 0 Å². The highest BCUT2D eigenvalue weighted by Crippen LogP contribution is 2.30. The zero-order valence-electron chi connectivity index (χ0n) is 12.2. The number of benzene rings is 1. The van der Waals surface area contributed by atoms with Crippen LogP contribution in [0.15, 0.2) is 24.3 Å². The number of hydrogen-bond acceptors (Lipinski definition) is 3. The van der Waals surface area contributed by atoms with Crippen molar-refractivity contribution in [3.05, 3.63) is 29.8 Å². The van der Waals surface area contributed by atoms with E-state index in [4.69, 9.17) is 10.5 Å². The van der Waals surface area contributed by atoms with Crippen molar-refractivity contribution < 1.29 is 4.74 Å². The summed E-state index contributed by atoms with van der Waals surface area (Å²) in [4.78, 5) is 2.34. The maximum atomic E-state index is 6.41. The van der Waals surface area contributed by atoms with Gasteiger partial charge in [0.2, 0.25) is 0 Å². The van der Waals surface area contributed by atoms with Crippen LogP contribution >= 0.6 is 0 Å². The Morgan fingerprint density at radius 3 is 2.63 bits per heavy atom. The number of para-hydroxylation sites is 1. The molecule has 1 aromatic rings. The maximum absolute atomic E-state index is 6.41. The second kappa shape index (κ2) is 6.40. The Morgan fingerprint density at radius 1 is 1.26 bits per heavy atom. The average Bonchev–Trinajstić information content (AvgIpc) is 2.85. The first-order valence-electron chi connectivity index (χ1n) is 7.22. The summed E-state index contributed by atoms with van der Waals surface area (Å²) in [7, 11) is 3.89. The van der Waals surface area contributed by atoms with E-state index < -0.39 is 0 Å². The van der Waals surface area contributed by atoms with Crippen LogP contribution in [-0.2, 0) is 6.54 Å². The van der Waals surface area contributed by atoms with Gasteiger partial charge in [-0.1, -0.05) is 31.0 Å².